The number of carbonyl (C=O) groups excluding carboxylic acids is 2. The van der Waals surface area contributed by atoms with E-state index in [-0.39, 0.29) is 24.4 Å². The summed E-state index contributed by atoms with van der Waals surface area (Å²) in [7, 11) is 0. The van der Waals surface area contributed by atoms with Crippen molar-refractivity contribution in [2.24, 2.45) is 0 Å². The Morgan fingerprint density at radius 2 is 1.96 bits per heavy atom. The van der Waals surface area contributed by atoms with Gasteiger partial charge in [0.2, 0.25) is 0 Å². The van der Waals surface area contributed by atoms with E-state index in [1.54, 1.807) is 18.2 Å². The number of thioether (sulfide) groups is 1. The van der Waals surface area contributed by atoms with E-state index in [1.165, 1.54) is 23.5 Å². The highest BCUT2D eigenvalue weighted by atomic mass is 32.2. The fraction of sp³-hybridized carbons (Fsp3) is 0.389. The van der Waals surface area contributed by atoms with Gasteiger partial charge in [-0.2, -0.15) is 0 Å². The van der Waals surface area contributed by atoms with Gasteiger partial charge in [-0.3, -0.25) is 14.5 Å². The molecule has 1 aromatic rings. The number of amides is 1. The predicted octanol–water partition coefficient (Wildman–Crippen LogP) is 3.90. The molecule has 7 heteroatoms. The molecule has 1 saturated carbocycles. The van der Waals surface area contributed by atoms with Gasteiger partial charge in [0.05, 0.1) is 4.91 Å². The Bertz CT molecular complexity index is 712. The highest BCUT2D eigenvalue weighted by molar-refractivity contribution is 8.26. The number of benzene rings is 1. The van der Waals surface area contributed by atoms with E-state index in [0.717, 1.165) is 37.4 Å². The molecule has 132 valence electrons. The standard InChI is InChI=1S/C18H18FNO3S2/c19-13-8-6-12(7-9-13)10-15-17(22)20(18(24)25-15)11-16(21)23-14-4-2-1-3-5-14/h6-10,14H,1-5,11H2/b15-10+. The van der Waals surface area contributed by atoms with Gasteiger partial charge < -0.3 is 4.74 Å². The van der Waals surface area contributed by atoms with Gasteiger partial charge in [-0.15, -0.1) is 0 Å². The maximum atomic E-state index is 13.0. The summed E-state index contributed by atoms with van der Waals surface area (Å²) in [6.45, 7) is -0.165. The van der Waals surface area contributed by atoms with E-state index in [2.05, 4.69) is 0 Å². The number of hydrogen-bond donors (Lipinski definition) is 0. The van der Waals surface area contributed by atoms with Crippen molar-refractivity contribution in [3.63, 3.8) is 0 Å². The third-order valence-electron chi connectivity index (χ3n) is 4.18. The Kier molecular flexibility index (Phi) is 5.86. The molecule has 25 heavy (non-hydrogen) atoms. The van der Waals surface area contributed by atoms with E-state index in [4.69, 9.17) is 17.0 Å². The maximum absolute atomic E-state index is 13.0. The van der Waals surface area contributed by atoms with Crippen LogP contribution in [0.5, 0.6) is 0 Å². The van der Waals surface area contributed by atoms with Crippen molar-refractivity contribution in [2.75, 3.05) is 6.54 Å². The van der Waals surface area contributed by atoms with Crippen LogP contribution in [-0.4, -0.2) is 33.7 Å². The minimum absolute atomic E-state index is 0.0468. The lowest BCUT2D eigenvalue weighted by Crippen LogP contribution is -2.36. The molecule has 0 N–H and O–H groups in total. The quantitative estimate of drug-likeness (QED) is 0.451. The zero-order valence-electron chi connectivity index (χ0n) is 13.6. The molecule has 0 bridgehead atoms. The molecule has 1 amide bonds. The highest BCUT2D eigenvalue weighted by Gasteiger charge is 2.34. The predicted molar refractivity (Wildman–Crippen MR) is 99.2 cm³/mol. The molecule has 1 aliphatic carbocycles. The lowest BCUT2D eigenvalue weighted by atomic mass is 9.98. The van der Waals surface area contributed by atoms with Crippen LogP contribution >= 0.6 is 24.0 Å². The van der Waals surface area contributed by atoms with Gasteiger partial charge in [-0.05, 0) is 49.5 Å². The van der Waals surface area contributed by atoms with Gasteiger partial charge in [0.1, 0.15) is 22.8 Å². The third-order valence-corrected chi connectivity index (χ3v) is 5.56. The van der Waals surface area contributed by atoms with Gasteiger partial charge in [0.25, 0.3) is 5.91 Å². The molecule has 2 fully saturated rings. The van der Waals surface area contributed by atoms with Gasteiger partial charge in [-0.1, -0.05) is 42.5 Å². The first-order valence-corrected chi connectivity index (χ1v) is 9.46. The molecule has 0 unspecified atom stereocenters. The Morgan fingerprint density at radius 1 is 1.28 bits per heavy atom. The van der Waals surface area contributed by atoms with E-state index in [0.29, 0.717) is 14.8 Å². The van der Waals surface area contributed by atoms with Gasteiger partial charge in [0, 0.05) is 0 Å². The van der Waals surface area contributed by atoms with Crippen LogP contribution in [-0.2, 0) is 14.3 Å². The second-order valence-corrected chi connectivity index (χ2v) is 7.75. The first kappa shape index (κ1) is 18.1. The molecule has 4 nitrogen and oxygen atoms in total. The summed E-state index contributed by atoms with van der Waals surface area (Å²) in [5, 5.41) is 0. The summed E-state index contributed by atoms with van der Waals surface area (Å²) in [6.07, 6.45) is 6.68. The van der Waals surface area contributed by atoms with Gasteiger partial charge >= 0.3 is 5.97 Å². The van der Waals surface area contributed by atoms with Crippen LogP contribution in [0.1, 0.15) is 37.7 Å². The van der Waals surface area contributed by atoms with Crippen molar-refractivity contribution in [2.45, 2.75) is 38.2 Å². The molecule has 1 saturated heterocycles. The van der Waals surface area contributed by atoms with Gasteiger partial charge in [0.15, 0.2) is 0 Å². The number of halogens is 1. The van der Waals surface area contributed by atoms with Crippen LogP contribution in [0, 0.1) is 5.82 Å². The van der Waals surface area contributed by atoms with Crippen LogP contribution in [0.25, 0.3) is 6.08 Å². The lowest BCUT2D eigenvalue weighted by molar-refractivity contribution is -0.152. The number of rotatable bonds is 4. The largest absolute Gasteiger partial charge is 0.461 e. The number of nitrogens with zero attached hydrogens (tertiary/aromatic N) is 1. The zero-order valence-corrected chi connectivity index (χ0v) is 15.2. The van der Waals surface area contributed by atoms with Crippen LogP contribution in [0.4, 0.5) is 4.39 Å². The number of hydrogen-bond acceptors (Lipinski definition) is 5. The van der Waals surface area contributed by atoms with Crippen molar-refractivity contribution in [3.05, 3.63) is 40.6 Å². The average molecular weight is 379 g/mol. The molecule has 0 atom stereocenters. The monoisotopic (exact) mass is 379 g/mol. The number of thiocarbonyl (C=S) groups is 1. The Balaban J connectivity index is 1.62. The van der Waals surface area contributed by atoms with Crippen LogP contribution in [0.2, 0.25) is 0 Å². The fourth-order valence-corrected chi connectivity index (χ4v) is 4.14. The van der Waals surface area contributed by atoms with Crippen molar-refractivity contribution in [1.82, 2.24) is 4.90 Å². The Hall–Kier alpha value is -1.73. The summed E-state index contributed by atoms with van der Waals surface area (Å²) in [5.74, 6) is -1.08. The molecule has 1 aromatic carbocycles. The van der Waals surface area contributed by atoms with Crippen LogP contribution in [0.15, 0.2) is 29.2 Å². The highest BCUT2D eigenvalue weighted by Crippen LogP contribution is 2.32. The van der Waals surface area contributed by atoms with Crippen molar-refractivity contribution < 1.29 is 18.7 Å². The first-order valence-electron chi connectivity index (χ1n) is 8.23. The average Bonchev–Trinajstić information content (AvgIpc) is 2.85. The minimum atomic E-state index is -0.425. The van der Waals surface area contributed by atoms with E-state index in [9.17, 15) is 14.0 Å². The molecule has 0 radical (unpaired) electrons. The SMILES string of the molecule is O=C(CN1C(=O)/C(=C\c2ccc(F)cc2)SC1=S)OC1CCCCC1. The maximum Gasteiger partial charge on any atom is 0.326 e. The lowest BCUT2D eigenvalue weighted by Gasteiger charge is -2.23. The summed E-state index contributed by atoms with van der Waals surface area (Å²) in [6, 6.07) is 5.82. The number of esters is 1. The summed E-state index contributed by atoms with van der Waals surface area (Å²) < 4.78 is 18.7. The third kappa shape index (κ3) is 4.67. The zero-order chi connectivity index (χ0) is 17.8. The van der Waals surface area contributed by atoms with Gasteiger partial charge in [-0.25, -0.2) is 4.39 Å². The van der Waals surface area contributed by atoms with Crippen molar-refractivity contribution in [3.8, 4) is 0 Å². The minimum Gasteiger partial charge on any atom is -0.461 e. The Morgan fingerprint density at radius 3 is 2.64 bits per heavy atom. The molecular weight excluding hydrogens is 361 g/mol. The molecular formula is C18H18FNO3S2. The van der Waals surface area contributed by atoms with Crippen molar-refractivity contribution >= 4 is 46.3 Å². The second kappa shape index (κ2) is 8.10. The molecule has 0 spiro atoms. The molecule has 3 rings (SSSR count). The number of carbonyl (C=O) groups is 2. The first-order chi connectivity index (χ1) is 12.0. The normalized spacial score (nSPS) is 20.4. The number of ether oxygens (including phenoxy) is 1. The molecule has 2 aliphatic rings. The van der Waals surface area contributed by atoms with E-state index in [1.807, 2.05) is 0 Å². The molecule has 1 heterocycles. The topological polar surface area (TPSA) is 46.6 Å². The second-order valence-electron chi connectivity index (χ2n) is 6.07. The summed E-state index contributed by atoms with van der Waals surface area (Å²) in [5.41, 5.74) is 0.701. The Labute approximate surface area is 155 Å². The molecule has 1 aliphatic heterocycles. The van der Waals surface area contributed by atoms with E-state index < -0.39 is 5.97 Å². The molecule has 0 aromatic heterocycles. The van der Waals surface area contributed by atoms with Crippen LogP contribution in [0.3, 0.4) is 0 Å². The summed E-state index contributed by atoms with van der Waals surface area (Å²) in [4.78, 5) is 26.3. The van der Waals surface area contributed by atoms with Crippen molar-refractivity contribution in [1.29, 1.82) is 0 Å². The summed E-state index contributed by atoms with van der Waals surface area (Å²) >= 11 is 6.35. The van der Waals surface area contributed by atoms with Crippen LogP contribution < -0.4 is 0 Å². The van der Waals surface area contributed by atoms with E-state index >= 15 is 0 Å². The fourth-order valence-electron chi connectivity index (χ4n) is 2.88. The smallest absolute Gasteiger partial charge is 0.326 e.